The Bertz CT molecular complexity index is 110. The fourth-order valence-corrected chi connectivity index (χ4v) is 1.96. The summed E-state index contributed by atoms with van der Waals surface area (Å²) in [4.78, 5) is 0. The van der Waals surface area contributed by atoms with E-state index in [0.717, 1.165) is 0 Å². The molecule has 0 atom stereocenters. The van der Waals surface area contributed by atoms with Crippen molar-refractivity contribution in [3.63, 3.8) is 0 Å². The fraction of sp³-hybridized carbons (Fsp3) is 1.00. The molecule has 0 aromatic carbocycles. The summed E-state index contributed by atoms with van der Waals surface area (Å²) >= 11 is 0. The Morgan fingerprint density at radius 1 is 1.00 bits per heavy atom. The second kappa shape index (κ2) is 3.57. The lowest BCUT2D eigenvalue weighted by atomic mass is 9.81. The van der Waals surface area contributed by atoms with Crippen LogP contribution < -0.4 is 5.73 Å². The molecule has 1 nitrogen and oxygen atoms in total. The predicted octanol–water partition coefficient (Wildman–Crippen LogP) is 2.69. The van der Waals surface area contributed by atoms with Gasteiger partial charge in [-0.3, -0.25) is 0 Å². The highest BCUT2D eigenvalue weighted by molar-refractivity contribution is 4.88. The average molecular weight is 155 g/mol. The third-order valence-corrected chi connectivity index (χ3v) is 3.18. The van der Waals surface area contributed by atoms with Gasteiger partial charge in [-0.15, -0.1) is 0 Å². The van der Waals surface area contributed by atoms with Crippen LogP contribution in [0.2, 0.25) is 0 Å². The summed E-state index contributed by atoms with van der Waals surface area (Å²) in [6.45, 7) is 4.51. The third kappa shape index (κ3) is 2.19. The molecule has 1 aliphatic rings. The van der Waals surface area contributed by atoms with Crippen molar-refractivity contribution in [3.05, 3.63) is 0 Å². The van der Waals surface area contributed by atoms with Gasteiger partial charge in [0.25, 0.3) is 0 Å². The molecule has 0 radical (unpaired) electrons. The minimum absolute atomic E-state index is 0.163. The van der Waals surface area contributed by atoms with E-state index in [9.17, 15) is 0 Å². The van der Waals surface area contributed by atoms with Gasteiger partial charge >= 0.3 is 0 Å². The normalized spacial score (nSPS) is 25.1. The minimum atomic E-state index is 0.163. The minimum Gasteiger partial charge on any atom is -0.325 e. The molecule has 0 amide bonds. The van der Waals surface area contributed by atoms with Crippen LogP contribution in [0.5, 0.6) is 0 Å². The molecule has 2 N–H and O–H groups in total. The van der Waals surface area contributed by atoms with Gasteiger partial charge in [0, 0.05) is 5.54 Å². The first-order chi connectivity index (χ1) is 5.15. The van der Waals surface area contributed by atoms with Crippen molar-refractivity contribution in [2.45, 2.75) is 57.9 Å². The van der Waals surface area contributed by atoms with Crippen LogP contribution in [0.1, 0.15) is 52.4 Å². The van der Waals surface area contributed by atoms with E-state index in [-0.39, 0.29) is 5.54 Å². The smallest absolute Gasteiger partial charge is 0.0177 e. The molecule has 1 saturated carbocycles. The van der Waals surface area contributed by atoms with Crippen molar-refractivity contribution in [1.29, 1.82) is 0 Å². The van der Waals surface area contributed by atoms with E-state index < -0.39 is 0 Å². The Morgan fingerprint density at radius 3 is 1.82 bits per heavy atom. The van der Waals surface area contributed by atoms with Crippen molar-refractivity contribution in [2.75, 3.05) is 0 Å². The summed E-state index contributed by atoms with van der Waals surface area (Å²) in [5.41, 5.74) is 6.47. The highest BCUT2D eigenvalue weighted by atomic mass is 14.7. The summed E-state index contributed by atoms with van der Waals surface area (Å²) in [6.07, 6.45) is 7.95. The molecular formula is C10H21N. The summed E-state index contributed by atoms with van der Waals surface area (Å²) in [6, 6.07) is 0. The van der Waals surface area contributed by atoms with Gasteiger partial charge in [-0.25, -0.2) is 0 Å². The maximum atomic E-state index is 6.30. The predicted molar refractivity (Wildman–Crippen MR) is 49.5 cm³/mol. The van der Waals surface area contributed by atoms with E-state index in [0.29, 0.717) is 5.92 Å². The van der Waals surface area contributed by atoms with E-state index in [2.05, 4.69) is 13.8 Å². The summed E-state index contributed by atoms with van der Waals surface area (Å²) in [5, 5.41) is 0. The number of hydrogen-bond donors (Lipinski definition) is 1. The Labute approximate surface area is 70.4 Å². The quantitative estimate of drug-likeness (QED) is 0.579. The zero-order valence-corrected chi connectivity index (χ0v) is 7.90. The Kier molecular flexibility index (Phi) is 2.94. The Morgan fingerprint density at radius 2 is 1.45 bits per heavy atom. The molecule has 1 aliphatic carbocycles. The summed E-state index contributed by atoms with van der Waals surface area (Å²) in [7, 11) is 0. The first kappa shape index (κ1) is 9.05. The lowest BCUT2D eigenvalue weighted by molar-refractivity contribution is 0.272. The molecule has 1 fully saturated rings. The molecule has 11 heavy (non-hydrogen) atoms. The molecule has 1 heteroatoms. The second-order valence-corrected chi connectivity index (χ2v) is 4.30. The van der Waals surface area contributed by atoms with Crippen LogP contribution in [0.15, 0.2) is 0 Å². The molecule has 1 rings (SSSR count). The Hall–Kier alpha value is -0.0400. The number of nitrogens with two attached hydrogens (primary N) is 1. The highest BCUT2D eigenvalue weighted by Gasteiger charge is 2.29. The molecule has 0 bridgehead atoms. The second-order valence-electron chi connectivity index (χ2n) is 4.30. The van der Waals surface area contributed by atoms with E-state index in [1.54, 1.807) is 0 Å². The van der Waals surface area contributed by atoms with E-state index in [4.69, 9.17) is 5.73 Å². The van der Waals surface area contributed by atoms with E-state index in [1.165, 1.54) is 38.5 Å². The van der Waals surface area contributed by atoms with Crippen molar-refractivity contribution in [1.82, 2.24) is 0 Å². The molecule has 0 unspecified atom stereocenters. The van der Waals surface area contributed by atoms with Gasteiger partial charge in [0.05, 0.1) is 0 Å². The van der Waals surface area contributed by atoms with Crippen LogP contribution in [0.4, 0.5) is 0 Å². The maximum Gasteiger partial charge on any atom is 0.0177 e. The van der Waals surface area contributed by atoms with Crippen LogP contribution in [-0.4, -0.2) is 5.54 Å². The lowest BCUT2D eigenvalue weighted by Crippen LogP contribution is -2.44. The van der Waals surface area contributed by atoms with Gasteiger partial charge in [-0.1, -0.05) is 39.5 Å². The SMILES string of the molecule is CC(C)C1(N)CCCCCC1. The van der Waals surface area contributed by atoms with Crippen molar-refractivity contribution >= 4 is 0 Å². The van der Waals surface area contributed by atoms with Crippen LogP contribution in [0, 0.1) is 5.92 Å². The van der Waals surface area contributed by atoms with Gasteiger partial charge in [-0.2, -0.15) is 0 Å². The van der Waals surface area contributed by atoms with Crippen LogP contribution in [0.25, 0.3) is 0 Å². The van der Waals surface area contributed by atoms with Crippen molar-refractivity contribution < 1.29 is 0 Å². The molecule has 0 saturated heterocycles. The van der Waals surface area contributed by atoms with Crippen LogP contribution >= 0.6 is 0 Å². The standard InChI is InChI=1S/C10H21N/c1-9(2)10(11)7-5-3-4-6-8-10/h9H,3-8,11H2,1-2H3. The lowest BCUT2D eigenvalue weighted by Gasteiger charge is -2.32. The van der Waals surface area contributed by atoms with E-state index >= 15 is 0 Å². The molecule has 0 aliphatic heterocycles. The van der Waals surface area contributed by atoms with Gasteiger partial charge in [-0.05, 0) is 18.8 Å². The van der Waals surface area contributed by atoms with Gasteiger partial charge < -0.3 is 5.73 Å². The molecule has 0 heterocycles. The first-order valence-corrected chi connectivity index (χ1v) is 4.94. The first-order valence-electron chi connectivity index (χ1n) is 4.94. The molecule has 0 aromatic heterocycles. The molecule has 0 aromatic rings. The van der Waals surface area contributed by atoms with Gasteiger partial charge in [0.15, 0.2) is 0 Å². The maximum absolute atomic E-state index is 6.30. The monoisotopic (exact) mass is 155 g/mol. The third-order valence-electron chi connectivity index (χ3n) is 3.18. The van der Waals surface area contributed by atoms with Gasteiger partial charge in [0.2, 0.25) is 0 Å². The highest BCUT2D eigenvalue weighted by Crippen LogP contribution is 2.30. The topological polar surface area (TPSA) is 26.0 Å². The zero-order valence-electron chi connectivity index (χ0n) is 7.90. The molecular weight excluding hydrogens is 134 g/mol. The fourth-order valence-electron chi connectivity index (χ4n) is 1.96. The summed E-state index contributed by atoms with van der Waals surface area (Å²) < 4.78 is 0. The average Bonchev–Trinajstić information content (AvgIpc) is 2.15. The number of rotatable bonds is 1. The number of hydrogen-bond acceptors (Lipinski definition) is 1. The van der Waals surface area contributed by atoms with Crippen LogP contribution in [0.3, 0.4) is 0 Å². The van der Waals surface area contributed by atoms with Gasteiger partial charge in [0.1, 0.15) is 0 Å². The largest absolute Gasteiger partial charge is 0.325 e. The van der Waals surface area contributed by atoms with Crippen molar-refractivity contribution in [3.8, 4) is 0 Å². The summed E-state index contributed by atoms with van der Waals surface area (Å²) in [5.74, 6) is 0.653. The molecule has 0 spiro atoms. The Balaban J connectivity index is 2.52. The van der Waals surface area contributed by atoms with E-state index in [1.807, 2.05) is 0 Å². The molecule has 66 valence electrons. The zero-order chi connectivity index (χ0) is 8.32. The van der Waals surface area contributed by atoms with Crippen LogP contribution in [-0.2, 0) is 0 Å². The van der Waals surface area contributed by atoms with Crippen molar-refractivity contribution in [2.24, 2.45) is 11.7 Å².